The monoisotopic (exact) mass is 297 g/mol. The van der Waals surface area contributed by atoms with Gasteiger partial charge in [0.15, 0.2) is 0 Å². The highest BCUT2D eigenvalue weighted by molar-refractivity contribution is 7.99. The molecule has 4 heteroatoms. The van der Waals surface area contributed by atoms with Gasteiger partial charge in [0.05, 0.1) is 14.2 Å². The number of hydrogen-bond acceptors (Lipinski definition) is 4. The van der Waals surface area contributed by atoms with E-state index in [9.17, 15) is 0 Å². The maximum Gasteiger partial charge on any atom is 0.123 e. The average molecular weight is 297 g/mol. The summed E-state index contributed by atoms with van der Waals surface area (Å²) in [6, 6.07) is 6.25. The van der Waals surface area contributed by atoms with Crippen molar-refractivity contribution in [3.8, 4) is 11.5 Å². The van der Waals surface area contributed by atoms with Crippen LogP contribution in [0, 0.1) is 0 Å². The van der Waals surface area contributed by atoms with Gasteiger partial charge in [-0.15, -0.1) is 0 Å². The fourth-order valence-electron chi connectivity index (χ4n) is 2.10. The zero-order valence-corrected chi connectivity index (χ0v) is 13.9. The summed E-state index contributed by atoms with van der Waals surface area (Å²) in [5.74, 6) is 4.05. The van der Waals surface area contributed by atoms with Gasteiger partial charge in [-0.2, -0.15) is 11.8 Å². The van der Waals surface area contributed by atoms with Crippen LogP contribution in [-0.4, -0.2) is 32.8 Å². The summed E-state index contributed by atoms with van der Waals surface area (Å²) in [5.41, 5.74) is 1.16. The molecule has 0 bridgehead atoms. The molecule has 1 aromatic carbocycles. The van der Waals surface area contributed by atoms with Crippen LogP contribution in [0.25, 0.3) is 0 Å². The molecule has 20 heavy (non-hydrogen) atoms. The first-order chi connectivity index (χ1) is 9.76. The second-order valence-electron chi connectivity index (χ2n) is 4.73. The minimum absolute atomic E-state index is 0.284. The predicted octanol–water partition coefficient (Wildman–Crippen LogP) is 3.89. The van der Waals surface area contributed by atoms with Crippen molar-refractivity contribution in [2.24, 2.45) is 0 Å². The fourth-order valence-corrected chi connectivity index (χ4v) is 3.25. The number of benzene rings is 1. The maximum atomic E-state index is 5.47. The van der Waals surface area contributed by atoms with Crippen LogP contribution in [0.1, 0.15) is 37.8 Å². The molecule has 0 heterocycles. The van der Waals surface area contributed by atoms with Crippen LogP contribution in [0.5, 0.6) is 11.5 Å². The van der Waals surface area contributed by atoms with E-state index >= 15 is 0 Å². The van der Waals surface area contributed by atoms with Gasteiger partial charge in [-0.1, -0.05) is 19.8 Å². The number of ether oxygens (including phenoxy) is 2. The van der Waals surface area contributed by atoms with Gasteiger partial charge in [0, 0.05) is 17.4 Å². The highest BCUT2D eigenvalue weighted by Gasteiger charge is 2.15. The standard InChI is InChI=1S/C16H27NO2S/c1-5-6-7-10-20-12-15(17-2)14-11-13(18-3)8-9-16(14)19-4/h8-9,11,15,17H,5-7,10,12H2,1-4H3. The molecule has 0 aliphatic rings. The van der Waals surface area contributed by atoms with Crippen LogP contribution < -0.4 is 14.8 Å². The Hall–Kier alpha value is -0.870. The van der Waals surface area contributed by atoms with Gasteiger partial charge < -0.3 is 14.8 Å². The van der Waals surface area contributed by atoms with Crippen molar-refractivity contribution >= 4 is 11.8 Å². The lowest BCUT2D eigenvalue weighted by Gasteiger charge is -2.20. The molecule has 0 fully saturated rings. The van der Waals surface area contributed by atoms with Crippen molar-refractivity contribution in [2.45, 2.75) is 32.2 Å². The number of nitrogens with one attached hydrogen (secondary N) is 1. The summed E-state index contributed by atoms with van der Waals surface area (Å²) in [4.78, 5) is 0. The van der Waals surface area contributed by atoms with Crippen molar-refractivity contribution in [2.75, 3.05) is 32.8 Å². The van der Waals surface area contributed by atoms with Crippen LogP contribution in [0.4, 0.5) is 0 Å². The Labute approximate surface area is 127 Å². The Morgan fingerprint density at radius 3 is 2.60 bits per heavy atom. The van der Waals surface area contributed by atoms with Crippen LogP contribution in [0.15, 0.2) is 18.2 Å². The van der Waals surface area contributed by atoms with Crippen LogP contribution >= 0.6 is 11.8 Å². The third kappa shape index (κ3) is 5.25. The molecule has 0 saturated heterocycles. The van der Waals surface area contributed by atoms with Crippen molar-refractivity contribution < 1.29 is 9.47 Å². The van der Waals surface area contributed by atoms with E-state index in [2.05, 4.69) is 18.3 Å². The summed E-state index contributed by atoms with van der Waals surface area (Å²) in [6.45, 7) is 2.24. The molecule has 1 aromatic rings. The molecule has 1 atom stereocenters. The average Bonchev–Trinajstić information content (AvgIpc) is 2.50. The van der Waals surface area contributed by atoms with E-state index in [4.69, 9.17) is 9.47 Å². The largest absolute Gasteiger partial charge is 0.497 e. The van der Waals surface area contributed by atoms with Crippen molar-refractivity contribution in [3.05, 3.63) is 23.8 Å². The van der Waals surface area contributed by atoms with Crippen molar-refractivity contribution in [1.82, 2.24) is 5.32 Å². The van der Waals surface area contributed by atoms with Crippen LogP contribution in [0.3, 0.4) is 0 Å². The van der Waals surface area contributed by atoms with E-state index in [1.54, 1.807) is 14.2 Å². The Morgan fingerprint density at radius 1 is 1.20 bits per heavy atom. The lowest BCUT2D eigenvalue weighted by Crippen LogP contribution is -2.19. The second kappa shape index (κ2) is 9.94. The fraction of sp³-hybridized carbons (Fsp3) is 0.625. The molecule has 0 aliphatic carbocycles. The number of methoxy groups -OCH3 is 2. The number of unbranched alkanes of at least 4 members (excludes halogenated alkanes) is 2. The first kappa shape index (κ1) is 17.2. The normalized spacial score (nSPS) is 12.2. The second-order valence-corrected chi connectivity index (χ2v) is 5.88. The molecule has 1 rings (SSSR count). The highest BCUT2D eigenvalue weighted by atomic mass is 32.2. The van der Waals surface area contributed by atoms with Crippen molar-refractivity contribution in [1.29, 1.82) is 0 Å². The van der Waals surface area contributed by atoms with E-state index in [0.717, 1.165) is 22.8 Å². The highest BCUT2D eigenvalue weighted by Crippen LogP contribution is 2.31. The molecule has 1 unspecified atom stereocenters. The first-order valence-electron chi connectivity index (χ1n) is 7.23. The first-order valence-corrected chi connectivity index (χ1v) is 8.39. The zero-order chi connectivity index (χ0) is 14.8. The Bertz CT molecular complexity index is 385. The molecule has 3 nitrogen and oxygen atoms in total. The lowest BCUT2D eigenvalue weighted by molar-refractivity contribution is 0.394. The minimum atomic E-state index is 0.284. The SMILES string of the molecule is CCCCCSCC(NC)c1cc(OC)ccc1OC. The summed E-state index contributed by atoms with van der Waals surface area (Å²) < 4.78 is 10.8. The van der Waals surface area contributed by atoms with E-state index in [-0.39, 0.29) is 6.04 Å². The lowest BCUT2D eigenvalue weighted by atomic mass is 10.1. The van der Waals surface area contributed by atoms with Gasteiger partial charge >= 0.3 is 0 Å². The summed E-state index contributed by atoms with van der Waals surface area (Å²) in [5, 5.41) is 3.38. The molecular weight excluding hydrogens is 270 g/mol. The number of hydrogen-bond donors (Lipinski definition) is 1. The van der Waals surface area contributed by atoms with E-state index in [0.29, 0.717) is 0 Å². The van der Waals surface area contributed by atoms with E-state index < -0.39 is 0 Å². The maximum absolute atomic E-state index is 5.47. The molecule has 1 N–H and O–H groups in total. The van der Waals surface area contributed by atoms with Gasteiger partial charge in [-0.25, -0.2) is 0 Å². The Balaban J connectivity index is 2.67. The van der Waals surface area contributed by atoms with Gasteiger partial charge in [-0.05, 0) is 37.4 Å². The molecule has 0 spiro atoms. The van der Waals surface area contributed by atoms with Crippen LogP contribution in [0.2, 0.25) is 0 Å². The van der Waals surface area contributed by atoms with Gasteiger partial charge in [-0.3, -0.25) is 0 Å². The summed E-state index contributed by atoms with van der Waals surface area (Å²) in [6.07, 6.45) is 3.90. The molecular formula is C16H27NO2S. The number of rotatable bonds is 10. The molecule has 114 valence electrons. The molecule has 0 aromatic heterocycles. The summed E-state index contributed by atoms with van der Waals surface area (Å²) >= 11 is 1.99. The van der Waals surface area contributed by atoms with Crippen LogP contribution in [-0.2, 0) is 0 Å². The quantitative estimate of drug-likeness (QED) is 0.664. The molecule has 0 saturated carbocycles. The van der Waals surface area contributed by atoms with Crippen molar-refractivity contribution in [3.63, 3.8) is 0 Å². The van der Waals surface area contributed by atoms with Gasteiger partial charge in [0.2, 0.25) is 0 Å². The third-order valence-electron chi connectivity index (χ3n) is 3.34. The van der Waals surface area contributed by atoms with E-state index in [1.165, 1.54) is 25.0 Å². The number of thioether (sulfide) groups is 1. The topological polar surface area (TPSA) is 30.5 Å². The van der Waals surface area contributed by atoms with Gasteiger partial charge in [0.1, 0.15) is 11.5 Å². The van der Waals surface area contributed by atoms with Gasteiger partial charge in [0.25, 0.3) is 0 Å². The predicted molar refractivity (Wildman–Crippen MR) is 88.2 cm³/mol. The minimum Gasteiger partial charge on any atom is -0.497 e. The molecule has 0 radical (unpaired) electrons. The summed E-state index contributed by atoms with van der Waals surface area (Å²) in [7, 11) is 5.40. The molecule has 0 amide bonds. The molecule has 0 aliphatic heterocycles. The Kier molecular flexibility index (Phi) is 8.54. The smallest absolute Gasteiger partial charge is 0.123 e. The third-order valence-corrected chi connectivity index (χ3v) is 4.48. The zero-order valence-electron chi connectivity index (χ0n) is 13.1. The Morgan fingerprint density at radius 2 is 2.00 bits per heavy atom. The van der Waals surface area contributed by atoms with E-state index in [1.807, 2.05) is 30.9 Å².